The molecule has 26 heavy (non-hydrogen) atoms. The lowest BCUT2D eigenvalue weighted by molar-refractivity contribution is -0.142. The van der Waals surface area contributed by atoms with Crippen LogP contribution in [-0.2, 0) is 30.0 Å². The first-order valence-electron chi connectivity index (χ1n) is 10.4. The Balaban J connectivity index is 4.06. The number of hydrogen-bond acceptors (Lipinski definition) is 4. The van der Waals surface area contributed by atoms with Crippen LogP contribution in [0.15, 0.2) is 0 Å². The zero-order valence-corrected chi connectivity index (χ0v) is 18.3. The van der Waals surface area contributed by atoms with E-state index >= 15 is 0 Å². The number of carbonyl (C=O) groups is 2. The predicted molar refractivity (Wildman–Crippen MR) is 112 cm³/mol. The third kappa shape index (κ3) is 13.5. The molecule has 0 aliphatic heterocycles. The number of rotatable bonds is 17. The van der Waals surface area contributed by atoms with Gasteiger partial charge in [-0.15, -0.1) is 0 Å². The molecule has 1 atom stereocenters. The molecule has 0 radical (unpaired) electrons. The molecule has 1 unspecified atom stereocenters. The molecule has 0 fully saturated rings. The normalized spacial score (nSPS) is 12.2. The first-order valence-corrected chi connectivity index (χ1v) is 12.0. The first kappa shape index (κ1) is 25.3. The second kappa shape index (κ2) is 17.7. The van der Waals surface area contributed by atoms with Gasteiger partial charge in [0.15, 0.2) is 0 Å². The molecule has 0 amide bonds. The van der Waals surface area contributed by atoms with Gasteiger partial charge in [-0.1, -0.05) is 58.3 Å². The summed E-state index contributed by atoms with van der Waals surface area (Å²) < 4.78 is 9.62. The smallest absolute Gasteiger partial charge is 0.310 e. The molecule has 0 aliphatic rings. The maximum Gasteiger partial charge on any atom is 0.310 e. The fraction of sp³-hybridized carbons (Fsp3) is 0.905. The highest BCUT2D eigenvalue weighted by Gasteiger charge is 2.33. The zero-order valence-electron chi connectivity index (χ0n) is 17.5. The van der Waals surface area contributed by atoms with Crippen molar-refractivity contribution in [1.82, 2.24) is 0 Å². The van der Waals surface area contributed by atoms with E-state index in [1.165, 1.54) is 78.4 Å². The van der Waals surface area contributed by atoms with Gasteiger partial charge in [0.25, 0.3) is 0 Å². The summed E-state index contributed by atoms with van der Waals surface area (Å²) in [5.74, 6) is 1.66. The van der Waals surface area contributed by atoms with Crippen molar-refractivity contribution in [2.45, 2.75) is 96.1 Å². The van der Waals surface area contributed by atoms with Crippen LogP contribution in [0.4, 0.5) is 0 Å². The predicted octanol–water partition coefficient (Wildman–Crippen LogP) is 5.04. The lowest BCUT2D eigenvalue weighted by Crippen LogP contribution is -2.32. The van der Waals surface area contributed by atoms with Crippen molar-refractivity contribution in [3.8, 4) is 0 Å². The molecule has 0 saturated carbocycles. The number of hydrogen-bond donors (Lipinski definition) is 0. The van der Waals surface area contributed by atoms with E-state index < -0.39 is 0 Å². The zero-order chi connectivity index (χ0) is 19.6. The van der Waals surface area contributed by atoms with Crippen molar-refractivity contribution in [2.75, 3.05) is 25.7 Å². The van der Waals surface area contributed by atoms with E-state index in [0.29, 0.717) is 12.8 Å². The second-order valence-electron chi connectivity index (χ2n) is 6.89. The Morgan fingerprint density at radius 3 is 1.54 bits per heavy atom. The van der Waals surface area contributed by atoms with Gasteiger partial charge in [-0.3, -0.25) is 9.59 Å². The molecule has 0 saturated heterocycles. The van der Waals surface area contributed by atoms with Crippen molar-refractivity contribution in [3.63, 3.8) is 0 Å². The standard InChI is InChI=1S/C21H41O4S/c1-5-7-8-9-10-11-12-13-14-15-16-26(6-2)19(17-20(22)24-3)18-21(23)25-4/h19H,5-18H2,1-4H3/q+1. The molecule has 0 aromatic carbocycles. The molecule has 0 N–H and O–H groups in total. The summed E-state index contributed by atoms with van der Waals surface area (Å²) in [6, 6.07) is 0. The van der Waals surface area contributed by atoms with Gasteiger partial charge in [-0.25, -0.2) is 0 Å². The van der Waals surface area contributed by atoms with E-state index in [1.807, 2.05) is 0 Å². The van der Waals surface area contributed by atoms with Gasteiger partial charge >= 0.3 is 11.9 Å². The Morgan fingerprint density at radius 1 is 0.731 bits per heavy atom. The van der Waals surface area contributed by atoms with Crippen LogP contribution in [0.25, 0.3) is 0 Å². The highest BCUT2D eigenvalue weighted by molar-refractivity contribution is 7.97. The fourth-order valence-corrected chi connectivity index (χ4v) is 5.58. The minimum Gasteiger partial charge on any atom is -0.469 e. The molecule has 0 aliphatic carbocycles. The molecule has 0 bridgehead atoms. The Labute approximate surface area is 164 Å². The van der Waals surface area contributed by atoms with Gasteiger partial charge in [0.2, 0.25) is 0 Å². The largest absolute Gasteiger partial charge is 0.469 e. The maximum atomic E-state index is 11.7. The summed E-state index contributed by atoms with van der Waals surface area (Å²) >= 11 is 0. The van der Waals surface area contributed by atoms with E-state index in [2.05, 4.69) is 13.8 Å². The molecule has 154 valence electrons. The fourth-order valence-electron chi connectivity index (χ4n) is 3.17. The topological polar surface area (TPSA) is 52.6 Å². The Morgan fingerprint density at radius 2 is 1.15 bits per heavy atom. The number of carbonyl (C=O) groups excluding carboxylic acids is 2. The van der Waals surface area contributed by atoms with Gasteiger partial charge in [-0.2, -0.15) is 0 Å². The monoisotopic (exact) mass is 389 g/mol. The van der Waals surface area contributed by atoms with Gasteiger partial charge < -0.3 is 9.47 Å². The average molecular weight is 390 g/mol. The number of ether oxygens (including phenoxy) is 2. The SMILES string of the molecule is CCCCCCCCCCCC[S+](CC)C(CC(=O)OC)CC(=O)OC. The van der Waals surface area contributed by atoms with Crippen LogP contribution in [0.3, 0.4) is 0 Å². The van der Waals surface area contributed by atoms with E-state index in [9.17, 15) is 9.59 Å². The number of esters is 2. The lowest BCUT2D eigenvalue weighted by atomic mass is 10.1. The summed E-state index contributed by atoms with van der Waals surface area (Å²) in [7, 11) is 2.89. The Hall–Kier alpha value is -0.710. The van der Waals surface area contributed by atoms with Crippen molar-refractivity contribution in [3.05, 3.63) is 0 Å². The molecule has 4 nitrogen and oxygen atoms in total. The van der Waals surface area contributed by atoms with Crippen molar-refractivity contribution < 1.29 is 19.1 Å². The minimum atomic E-state index is -0.229. The molecule has 5 heteroatoms. The summed E-state index contributed by atoms with van der Waals surface area (Å²) in [6.07, 6.45) is 13.9. The molecule has 0 heterocycles. The summed E-state index contributed by atoms with van der Waals surface area (Å²) in [5.41, 5.74) is 0. The van der Waals surface area contributed by atoms with Crippen LogP contribution in [0.5, 0.6) is 0 Å². The summed E-state index contributed by atoms with van der Waals surface area (Å²) in [4.78, 5) is 23.4. The van der Waals surface area contributed by atoms with Crippen LogP contribution < -0.4 is 0 Å². The molecule has 0 spiro atoms. The van der Waals surface area contributed by atoms with E-state index in [4.69, 9.17) is 9.47 Å². The Kier molecular flexibility index (Phi) is 17.2. The van der Waals surface area contributed by atoms with Crippen LogP contribution >= 0.6 is 0 Å². The van der Waals surface area contributed by atoms with Gasteiger partial charge in [0.05, 0.1) is 27.1 Å². The van der Waals surface area contributed by atoms with E-state index in [-0.39, 0.29) is 28.1 Å². The number of methoxy groups -OCH3 is 2. The molecular formula is C21H41O4S+. The number of unbranched alkanes of at least 4 members (excludes halogenated alkanes) is 9. The Bertz CT molecular complexity index is 342. The summed E-state index contributed by atoms with van der Waals surface area (Å²) in [5, 5.41) is 0.0541. The van der Waals surface area contributed by atoms with Gasteiger partial charge in [0, 0.05) is 0 Å². The highest BCUT2D eigenvalue weighted by atomic mass is 32.2. The quantitative estimate of drug-likeness (QED) is 0.199. The molecule has 0 aromatic heterocycles. The molecular weight excluding hydrogens is 348 g/mol. The van der Waals surface area contributed by atoms with Crippen LogP contribution in [0.2, 0.25) is 0 Å². The van der Waals surface area contributed by atoms with E-state index in [0.717, 1.165) is 11.5 Å². The highest BCUT2D eigenvalue weighted by Crippen LogP contribution is 2.19. The first-order chi connectivity index (χ1) is 12.6. The molecule has 0 rings (SSSR count). The third-order valence-corrected chi connectivity index (χ3v) is 7.68. The maximum absolute atomic E-state index is 11.7. The van der Waals surface area contributed by atoms with Crippen LogP contribution in [-0.4, -0.2) is 42.9 Å². The van der Waals surface area contributed by atoms with Gasteiger partial charge in [0.1, 0.15) is 16.8 Å². The second-order valence-corrected chi connectivity index (χ2v) is 9.62. The third-order valence-electron chi connectivity index (χ3n) is 4.85. The summed E-state index contributed by atoms with van der Waals surface area (Å²) in [6.45, 7) is 4.41. The van der Waals surface area contributed by atoms with Crippen LogP contribution in [0.1, 0.15) is 90.9 Å². The molecule has 0 aromatic rings. The van der Waals surface area contributed by atoms with E-state index in [1.54, 1.807) is 0 Å². The minimum absolute atomic E-state index is 0.0541. The van der Waals surface area contributed by atoms with Crippen molar-refractivity contribution in [1.29, 1.82) is 0 Å². The lowest BCUT2D eigenvalue weighted by Gasteiger charge is -2.17. The average Bonchev–Trinajstić information content (AvgIpc) is 2.65. The van der Waals surface area contributed by atoms with Crippen molar-refractivity contribution >= 4 is 22.8 Å². The van der Waals surface area contributed by atoms with Crippen molar-refractivity contribution in [2.24, 2.45) is 0 Å². The van der Waals surface area contributed by atoms with Gasteiger partial charge in [-0.05, 0) is 30.7 Å². The van der Waals surface area contributed by atoms with Crippen LogP contribution in [0, 0.1) is 0 Å².